The third kappa shape index (κ3) is 2.85. The Morgan fingerprint density at radius 2 is 2.17 bits per heavy atom. The molecule has 0 radical (unpaired) electrons. The Hall–Kier alpha value is -1.92. The number of halogens is 1. The van der Waals surface area contributed by atoms with Crippen LogP contribution in [0.25, 0.3) is 0 Å². The number of hydrogen-bond donors (Lipinski definition) is 3. The molecule has 0 bridgehead atoms. The molecule has 2 rings (SSSR count). The minimum atomic E-state index is -0.0914. The SMILES string of the molecule is N=C(NO)c1ccc(Oc2ccccn2)cc1Br. The first-order valence-corrected chi connectivity index (χ1v) is 5.87. The molecular formula is C12H10BrN3O2. The van der Waals surface area contributed by atoms with Crippen LogP contribution in [0.15, 0.2) is 47.1 Å². The first kappa shape index (κ1) is 12.5. The molecule has 1 aromatic carbocycles. The van der Waals surface area contributed by atoms with E-state index >= 15 is 0 Å². The van der Waals surface area contributed by atoms with Crippen molar-refractivity contribution in [1.82, 2.24) is 10.5 Å². The Kier molecular flexibility index (Phi) is 3.91. The van der Waals surface area contributed by atoms with Gasteiger partial charge in [-0.15, -0.1) is 0 Å². The van der Waals surface area contributed by atoms with E-state index in [0.717, 1.165) is 0 Å². The molecular weight excluding hydrogens is 298 g/mol. The average molecular weight is 308 g/mol. The fourth-order valence-electron chi connectivity index (χ4n) is 1.35. The number of hydrogen-bond acceptors (Lipinski definition) is 4. The van der Waals surface area contributed by atoms with Gasteiger partial charge in [0.1, 0.15) is 5.75 Å². The van der Waals surface area contributed by atoms with Gasteiger partial charge in [-0.25, -0.2) is 4.98 Å². The van der Waals surface area contributed by atoms with Gasteiger partial charge in [-0.05, 0) is 40.2 Å². The number of benzene rings is 1. The summed E-state index contributed by atoms with van der Waals surface area (Å²) in [5.74, 6) is 0.994. The largest absolute Gasteiger partial charge is 0.439 e. The van der Waals surface area contributed by atoms with Crippen LogP contribution >= 0.6 is 15.9 Å². The molecule has 0 aliphatic carbocycles. The van der Waals surface area contributed by atoms with E-state index in [1.807, 2.05) is 6.07 Å². The normalized spacial score (nSPS) is 9.89. The van der Waals surface area contributed by atoms with Gasteiger partial charge in [0.25, 0.3) is 0 Å². The molecule has 0 amide bonds. The summed E-state index contributed by atoms with van der Waals surface area (Å²) in [6.45, 7) is 0. The topological polar surface area (TPSA) is 78.2 Å². The molecule has 18 heavy (non-hydrogen) atoms. The summed E-state index contributed by atoms with van der Waals surface area (Å²) in [4.78, 5) is 4.05. The maximum absolute atomic E-state index is 8.68. The van der Waals surface area contributed by atoms with Gasteiger partial charge in [0.2, 0.25) is 5.88 Å². The highest BCUT2D eigenvalue weighted by atomic mass is 79.9. The Morgan fingerprint density at radius 1 is 1.33 bits per heavy atom. The molecule has 0 saturated carbocycles. The second kappa shape index (κ2) is 5.61. The van der Waals surface area contributed by atoms with Gasteiger partial charge in [-0.1, -0.05) is 6.07 Å². The van der Waals surface area contributed by atoms with Crippen LogP contribution in [0.5, 0.6) is 11.6 Å². The highest BCUT2D eigenvalue weighted by Gasteiger charge is 2.07. The summed E-state index contributed by atoms with van der Waals surface area (Å²) in [6, 6.07) is 10.4. The smallest absolute Gasteiger partial charge is 0.219 e. The maximum atomic E-state index is 8.68. The first-order chi connectivity index (χ1) is 8.70. The van der Waals surface area contributed by atoms with E-state index in [1.165, 1.54) is 0 Å². The zero-order valence-electron chi connectivity index (χ0n) is 9.22. The highest BCUT2D eigenvalue weighted by Crippen LogP contribution is 2.26. The molecule has 1 aromatic heterocycles. The predicted octanol–water partition coefficient (Wildman–Crippen LogP) is 2.94. The van der Waals surface area contributed by atoms with Crippen LogP contribution in [0.4, 0.5) is 0 Å². The Labute approximate surface area is 112 Å². The lowest BCUT2D eigenvalue weighted by molar-refractivity contribution is 0.234. The summed E-state index contributed by atoms with van der Waals surface area (Å²) in [5.41, 5.74) is 2.32. The van der Waals surface area contributed by atoms with E-state index in [2.05, 4.69) is 20.9 Å². The number of rotatable bonds is 3. The molecule has 0 aliphatic rings. The number of ether oxygens (including phenoxy) is 1. The summed E-state index contributed by atoms with van der Waals surface area (Å²) < 4.78 is 6.17. The number of pyridine rings is 1. The van der Waals surface area contributed by atoms with Crippen LogP contribution in [0.1, 0.15) is 5.56 Å². The average Bonchev–Trinajstić information content (AvgIpc) is 2.39. The Morgan fingerprint density at radius 3 is 2.78 bits per heavy atom. The lowest BCUT2D eigenvalue weighted by Gasteiger charge is -2.08. The van der Waals surface area contributed by atoms with E-state index in [0.29, 0.717) is 21.7 Å². The Balaban J connectivity index is 2.22. The molecule has 0 saturated heterocycles. The van der Waals surface area contributed by atoms with E-state index in [1.54, 1.807) is 42.0 Å². The monoisotopic (exact) mass is 307 g/mol. The van der Waals surface area contributed by atoms with Gasteiger partial charge in [-0.3, -0.25) is 16.1 Å². The molecule has 5 nitrogen and oxygen atoms in total. The molecule has 92 valence electrons. The summed E-state index contributed by atoms with van der Waals surface area (Å²) in [6.07, 6.45) is 1.64. The van der Waals surface area contributed by atoms with Crippen molar-refractivity contribution in [1.29, 1.82) is 5.41 Å². The molecule has 0 spiro atoms. The van der Waals surface area contributed by atoms with Gasteiger partial charge in [0, 0.05) is 22.3 Å². The zero-order chi connectivity index (χ0) is 13.0. The third-order valence-electron chi connectivity index (χ3n) is 2.18. The number of hydroxylamine groups is 1. The van der Waals surface area contributed by atoms with Crippen molar-refractivity contribution in [2.45, 2.75) is 0 Å². The fourth-order valence-corrected chi connectivity index (χ4v) is 1.91. The quantitative estimate of drug-likeness (QED) is 0.463. The summed E-state index contributed by atoms with van der Waals surface area (Å²) in [5, 5.41) is 16.1. The van der Waals surface area contributed by atoms with E-state index in [9.17, 15) is 0 Å². The van der Waals surface area contributed by atoms with Crippen molar-refractivity contribution < 1.29 is 9.94 Å². The van der Waals surface area contributed by atoms with Gasteiger partial charge in [0.15, 0.2) is 5.84 Å². The third-order valence-corrected chi connectivity index (χ3v) is 2.84. The number of amidine groups is 1. The molecule has 6 heteroatoms. The molecule has 0 atom stereocenters. The minimum Gasteiger partial charge on any atom is -0.439 e. The van der Waals surface area contributed by atoms with Crippen molar-refractivity contribution >= 4 is 21.8 Å². The van der Waals surface area contributed by atoms with Crippen molar-refractivity contribution in [3.05, 3.63) is 52.6 Å². The molecule has 0 fully saturated rings. The first-order valence-electron chi connectivity index (χ1n) is 5.08. The van der Waals surface area contributed by atoms with Crippen molar-refractivity contribution in [3.63, 3.8) is 0 Å². The van der Waals surface area contributed by atoms with Crippen LogP contribution < -0.4 is 10.2 Å². The predicted molar refractivity (Wildman–Crippen MR) is 70.2 cm³/mol. The zero-order valence-corrected chi connectivity index (χ0v) is 10.8. The molecule has 2 aromatic rings. The summed E-state index contributed by atoms with van der Waals surface area (Å²) >= 11 is 3.31. The van der Waals surface area contributed by atoms with Crippen LogP contribution in [-0.2, 0) is 0 Å². The van der Waals surface area contributed by atoms with Gasteiger partial charge in [-0.2, -0.15) is 0 Å². The van der Waals surface area contributed by atoms with Crippen LogP contribution in [-0.4, -0.2) is 16.0 Å². The van der Waals surface area contributed by atoms with Gasteiger partial charge < -0.3 is 4.74 Å². The van der Waals surface area contributed by atoms with E-state index < -0.39 is 0 Å². The van der Waals surface area contributed by atoms with Crippen molar-refractivity contribution in [2.75, 3.05) is 0 Å². The minimum absolute atomic E-state index is 0.0914. The number of aromatic nitrogens is 1. The second-order valence-corrected chi connectivity index (χ2v) is 4.25. The summed E-state index contributed by atoms with van der Waals surface area (Å²) in [7, 11) is 0. The van der Waals surface area contributed by atoms with Crippen LogP contribution in [0, 0.1) is 5.41 Å². The van der Waals surface area contributed by atoms with Gasteiger partial charge in [0.05, 0.1) is 0 Å². The maximum Gasteiger partial charge on any atom is 0.219 e. The molecule has 0 aliphatic heterocycles. The highest BCUT2D eigenvalue weighted by molar-refractivity contribution is 9.10. The molecule has 1 heterocycles. The molecule has 3 N–H and O–H groups in total. The Bertz CT molecular complexity index is 561. The number of nitrogens with one attached hydrogen (secondary N) is 2. The standard InChI is InChI=1S/C12H10BrN3O2/c13-10-7-8(4-5-9(10)12(14)16-17)18-11-3-1-2-6-15-11/h1-7,17H,(H2,14,16). The molecule has 0 unspecified atom stereocenters. The lowest BCUT2D eigenvalue weighted by Crippen LogP contribution is -2.19. The number of nitrogens with zero attached hydrogens (tertiary/aromatic N) is 1. The lowest BCUT2D eigenvalue weighted by atomic mass is 10.2. The van der Waals surface area contributed by atoms with Crippen LogP contribution in [0.2, 0.25) is 0 Å². The fraction of sp³-hybridized carbons (Fsp3) is 0. The second-order valence-electron chi connectivity index (χ2n) is 3.40. The van der Waals surface area contributed by atoms with E-state index in [4.69, 9.17) is 15.4 Å². The van der Waals surface area contributed by atoms with E-state index in [-0.39, 0.29) is 5.84 Å². The van der Waals surface area contributed by atoms with Crippen LogP contribution in [0.3, 0.4) is 0 Å². The van der Waals surface area contributed by atoms with Crippen molar-refractivity contribution in [3.8, 4) is 11.6 Å². The van der Waals surface area contributed by atoms with Crippen molar-refractivity contribution in [2.24, 2.45) is 0 Å². The van der Waals surface area contributed by atoms with Gasteiger partial charge >= 0.3 is 0 Å².